The Kier molecular flexibility index (Phi) is 3.88. The summed E-state index contributed by atoms with van der Waals surface area (Å²) < 4.78 is 53.8. The lowest BCUT2D eigenvalue weighted by atomic mass is 10.2. The van der Waals surface area contributed by atoms with Gasteiger partial charge in [-0.25, -0.2) is 27.6 Å². The number of nitrogens with one attached hydrogen (secondary N) is 1. The Morgan fingerprint density at radius 1 is 1.08 bits per heavy atom. The summed E-state index contributed by atoms with van der Waals surface area (Å²) in [5.41, 5.74) is 4.78. The van der Waals surface area contributed by atoms with Crippen LogP contribution in [0.3, 0.4) is 0 Å². The number of anilines is 1. The molecular formula is C17H13F4N3S. The number of hydrogen-bond acceptors (Lipinski definition) is 4. The van der Waals surface area contributed by atoms with Crippen LogP contribution in [0.4, 0.5) is 23.2 Å². The van der Waals surface area contributed by atoms with E-state index in [4.69, 9.17) is 0 Å². The van der Waals surface area contributed by atoms with E-state index in [2.05, 4.69) is 10.4 Å². The van der Waals surface area contributed by atoms with Crippen molar-refractivity contribution < 1.29 is 17.6 Å². The van der Waals surface area contributed by atoms with Crippen molar-refractivity contribution >= 4 is 27.2 Å². The summed E-state index contributed by atoms with van der Waals surface area (Å²) in [6.45, 7) is -0.0651. The maximum atomic E-state index is 13.4. The Balaban J connectivity index is 1.60. The smallest absolute Gasteiger partial charge is 0.263 e. The molecule has 0 atom stereocenters. The molecule has 3 nitrogen and oxygen atoms in total. The van der Waals surface area contributed by atoms with E-state index in [0.29, 0.717) is 21.8 Å². The summed E-state index contributed by atoms with van der Waals surface area (Å²) in [5.74, 6) is -4.50. The highest BCUT2D eigenvalue weighted by Crippen LogP contribution is 2.33. The van der Waals surface area contributed by atoms with Crippen molar-refractivity contribution in [3.63, 3.8) is 0 Å². The predicted molar refractivity (Wildman–Crippen MR) is 89.7 cm³/mol. The fraction of sp³-hybridized carbons (Fsp3) is 0.235. The van der Waals surface area contributed by atoms with Crippen LogP contribution in [-0.4, -0.2) is 29.0 Å². The molecule has 2 heterocycles. The normalized spacial score (nSPS) is 17.3. The average Bonchev–Trinajstić information content (AvgIpc) is 3.12. The molecule has 1 saturated heterocycles. The van der Waals surface area contributed by atoms with E-state index in [9.17, 15) is 17.6 Å². The van der Waals surface area contributed by atoms with Crippen LogP contribution in [0.5, 0.6) is 0 Å². The summed E-state index contributed by atoms with van der Waals surface area (Å²) in [4.78, 5) is 4.44. The number of aromatic nitrogens is 1. The van der Waals surface area contributed by atoms with Gasteiger partial charge in [0, 0.05) is 18.5 Å². The molecule has 0 aliphatic carbocycles. The predicted octanol–water partition coefficient (Wildman–Crippen LogP) is 4.91. The van der Waals surface area contributed by atoms with E-state index in [1.54, 1.807) is 12.1 Å². The number of halogens is 4. The molecule has 1 aromatic heterocycles. The zero-order valence-corrected chi connectivity index (χ0v) is 13.7. The molecule has 0 spiro atoms. The second-order valence-corrected chi connectivity index (χ2v) is 7.00. The second-order valence-electron chi connectivity index (χ2n) is 5.97. The summed E-state index contributed by atoms with van der Waals surface area (Å²) >= 11 is 1.35. The lowest BCUT2D eigenvalue weighted by Gasteiger charge is -2.18. The summed E-state index contributed by atoms with van der Waals surface area (Å²) in [5, 5.41) is 2.04. The van der Waals surface area contributed by atoms with Crippen molar-refractivity contribution in [2.75, 3.05) is 18.5 Å². The van der Waals surface area contributed by atoms with Crippen LogP contribution in [0.15, 0.2) is 36.4 Å². The minimum absolute atomic E-state index is 0.167. The molecule has 0 radical (unpaired) electrons. The molecule has 2 aromatic carbocycles. The van der Waals surface area contributed by atoms with E-state index in [-0.39, 0.29) is 19.5 Å². The standard InChI is InChI=1S/C17H13F4N3S/c18-12-3-1-10(7-13(12)19)16-22-14-8-11(2-4-15(14)25-16)23-24-6-5-17(20,21)9-24/h1-4,7-8,23H,5-6,9H2. The molecule has 8 heteroatoms. The second kappa shape index (κ2) is 5.96. The van der Waals surface area contributed by atoms with Crippen molar-refractivity contribution in [2.24, 2.45) is 0 Å². The molecule has 0 bridgehead atoms. The summed E-state index contributed by atoms with van der Waals surface area (Å²) in [7, 11) is 0. The third-order valence-corrected chi connectivity index (χ3v) is 5.10. The first-order valence-corrected chi connectivity index (χ1v) is 8.47. The molecule has 0 saturated carbocycles. The van der Waals surface area contributed by atoms with E-state index in [0.717, 1.165) is 16.8 Å². The number of hydrazine groups is 1. The van der Waals surface area contributed by atoms with Gasteiger partial charge in [0.1, 0.15) is 5.01 Å². The number of benzene rings is 2. The van der Waals surface area contributed by atoms with E-state index in [1.165, 1.54) is 22.4 Å². The van der Waals surface area contributed by atoms with Gasteiger partial charge in [-0.3, -0.25) is 0 Å². The van der Waals surface area contributed by atoms with E-state index in [1.807, 2.05) is 6.07 Å². The van der Waals surface area contributed by atoms with Crippen LogP contribution in [0.25, 0.3) is 20.8 Å². The Hall–Kier alpha value is -2.19. The van der Waals surface area contributed by atoms with Gasteiger partial charge in [-0.05, 0) is 36.4 Å². The fourth-order valence-corrected chi connectivity index (χ4v) is 3.71. The van der Waals surface area contributed by atoms with Gasteiger partial charge >= 0.3 is 0 Å². The first-order chi connectivity index (χ1) is 11.9. The van der Waals surface area contributed by atoms with Crippen LogP contribution in [-0.2, 0) is 0 Å². The molecular weight excluding hydrogens is 354 g/mol. The summed E-state index contributed by atoms with van der Waals surface area (Å²) in [6, 6.07) is 9.02. The third-order valence-electron chi connectivity index (χ3n) is 4.01. The van der Waals surface area contributed by atoms with Crippen LogP contribution in [0, 0.1) is 11.6 Å². The molecule has 1 aliphatic heterocycles. The maximum Gasteiger partial charge on any atom is 0.263 e. The van der Waals surface area contributed by atoms with Crippen molar-refractivity contribution in [3.05, 3.63) is 48.0 Å². The van der Waals surface area contributed by atoms with Gasteiger partial charge in [0.05, 0.1) is 22.4 Å². The minimum atomic E-state index is -2.67. The zero-order chi connectivity index (χ0) is 17.6. The Morgan fingerprint density at radius 2 is 1.92 bits per heavy atom. The van der Waals surface area contributed by atoms with Crippen LogP contribution >= 0.6 is 11.3 Å². The van der Waals surface area contributed by atoms with Crippen LogP contribution in [0.2, 0.25) is 0 Å². The van der Waals surface area contributed by atoms with Gasteiger partial charge in [-0.2, -0.15) is 0 Å². The van der Waals surface area contributed by atoms with Crippen molar-refractivity contribution in [1.82, 2.24) is 9.99 Å². The van der Waals surface area contributed by atoms with Gasteiger partial charge in [0.15, 0.2) is 11.6 Å². The number of thiazole rings is 1. The zero-order valence-electron chi connectivity index (χ0n) is 12.9. The molecule has 0 unspecified atom stereocenters. The van der Waals surface area contributed by atoms with Crippen molar-refractivity contribution in [3.8, 4) is 10.6 Å². The van der Waals surface area contributed by atoms with Crippen molar-refractivity contribution in [2.45, 2.75) is 12.3 Å². The SMILES string of the molecule is Fc1ccc(-c2nc3cc(NN4CCC(F)(F)C4)ccc3s2)cc1F. The number of fused-ring (bicyclic) bond motifs is 1. The lowest BCUT2D eigenvalue weighted by molar-refractivity contribution is 0.0144. The molecule has 1 fully saturated rings. The van der Waals surface area contributed by atoms with E-state index >= 15 is 0 Å². The van der Waals surface area contributed by atoms with Gasteiger partial charge in [0.2, 0.25) is 0 Å². The molecule has 1 N–H and O–H groups in total. The first kappa shape index (κ1) is 16.3. The lowest BCUT2D eigenvalue weighted by Crippen LogP contribution is -2.30. The molecule has 130 valence electrons. The van der Waals surface area contributed by atoms with Crippen LogP contribution in [0.1, 0.15) is 6.42 Å². The van der Waals surface area contributed by atoms with Gasteiger partial charge in [-0.15, -0.1) is 11.3 Å². The number of alkyl halides is 2. The molecule has 1 aliphatic rings. The highest BCUT2D eigenvalue weighted by molar-refractivity contribution is 7.21. The first-order valence-electron chi connectivity index (χ1n) is 7.65. The Morgan fingerprint density at radius 3 is 2.64 bits per heavy atom. The van der Waals surface area contributed by atoms with Gasteiger partial charge in [-0.1, -0.05) is 0 Å². The monoisotopic (exact) mass is 367 g/mol. The summed E-state index contributed by atoms with van der Waals surface area (Å²) in [6.07, 6.45) is -0.167. The number of rotatable bonds is 3. The number of hydrogen-bond donors (Lipinski definition) is 1. The molecule has 3 aromatic rings. The van der Waals surface area contributed by atoms with Crippen LogP contribution < -0.4 is 5.43 Å². The van der Waals surface area contributed by atoms with E-state index < -0.39 is 17.6 Å². The average molecular weight is 367 g/mol. The fourth-order valence-electron chi connectivity index (χ4n) is 2.76. The molecule has 25 heavy (non-hydrogen) atoms. The minimum Gasteiger partial charge on any atom is -0.319 e. The van der Waals surface area contributed by atoms with Gasteiger partial charge in [0.25, 0.3) is 5.92 Å². The Labute approximate surface area is 144 Å². The molecule has 0 amide bonds. The highest BCUT2D eigenvalue weighted by atomic mass is 32.1. The molecule has 4 rings (SSSR count). The Bertz CT molecular complexity index is 941. The van der Waals surface area contributed by atoms with Gasteiger partial charge < -0.3 is 5.43 Å². The number of nitrogens with zero attached hydrogens (tertiary/aromatic N) is 2. The van der Waals surface area contributed by atoms with Crippen molar-refractivity contribution in [1.29, 1.82) is 0 Å². The largest absolute Gasteiger partial charge is 0.319 e. The highest BCUT2D eigenvalue weighted by Gasteiger charge is 2.38. The maximum absolute atomic E-state index is 13.4. The third kappa shape index (κ3) is 3.32. The quantitative estimate of drug-likeness (QED) is 0.667. The topological polar surface area (TPSA) is 28.2 Å².